The molecule has 1 rings (SSSR count). The van der Waals surface area contributed by atoms with Crippen molar-refractivity contribution in [2.75, 3.05) is 11.9 Å². The van der Waals surface area contributed by atoms with Crippen molar-refractivity contribution in [3.63, 3.8) is 0 Å². The number of amides is 1. The zero-order valence-electron chi connectivity index (χ0n) is 11.9. The van der Waals surface area contributed by atoms with Gasteiger partial charge in [-0.05, 0) is 45.2 Å². The second kappa shape index (κ2) is 6.55. The van der Waals surface area contributed by atoms with E-state index in [2.05, 4.69) is 13.0 Å². The minimum absolute atomic E-state index is 0.155. The van der Waals surface area contributed by atoms with Gasteiger partial charge in [-0.1, -0.05) is 17.7 Å². The molecule has 0 heterocycles. The molecule has 0 bridgehead atoms. The maximum absolute atomic E-state index is 12.0. The molecular formula is C15H24N2O. The maximum atomic E-state index is 12.0. The predicted molar refractivity (Wildman–Crippen MR) is 76.8 cm³/mol. The van der Waals surface area contributed by atoms with Crippen LogP contribution < -0.4 is 10.6 Å². The Balaban J connectivity index is 2.63. The molecule has 0 aliphatic rings. The third-order valence-corrected chi connectivity index (χ3v) is 3.14. The Bertz CT molecular complexity index is 413. The van der Waals surface area contributed by atoms with E-state index in [0.29, 0.717) is 6.42 Å². The third kappa shape index (κ3) is 4.15. The Morgan fingerprint density at radius 2 is 2.06 bits per heavy atom. The van der Waals surface area contributed by atoms with Crippen molar-refractivity contribution in [3.8, 4) is 0 Å². The van der Waals surface area contributed by atoms with Gasteiger partial charge in [-0.2, -0.15) is 0 Å². The maximum Gasteiger partial charge on any atom is 0.226 e. The summed E-state index contributed by atoms with van der Waals surface area (Å²) in [5.74, 6) is 0.155. The quantitative estimate of drug-likeness (QED) is 0.871. The Hall–Kier alpha value is -1.35. The lowest BCUT2D eigenvalue weighted by molar-refractivity contribution is -0.118. The Morgan fingerprint density at radius 1 is 1.39 bits per heavy atom. The summed E-state index contributed by atoms with van der Waals surface area (Å²) >= 11 is 0. The molecule has 18 heavy (non-hydrogen) atoms. The second-order valence-electron chi connectivity index (χ2n) is 5.11. The van der Waals surface area contributed by atoms with Crippen molar-refractivity contribution in [1.29, 1.82) is 0 Å². The second-order valence-corrected chi connectivity index (χ2v) is 5.11. The van der Waals surface area contributed by atoms with Crippen LogP contribution in [0.3, 0.4) is 0 Å². The summed E-state index contributed by atoms with van der Waals surface area (Å²) < 4.78 is 0. The number of nitrogens with two attached hydrogens (primary N) is 1. The first kappa shape index (κ1) is 14.7. The number of aryl methyl sites for hydroxylation is 2. The van der Waals surface area contributed by atoms with Crippen LogP contribution in [0.25, 0.3) is 0 Å². The van der Waals surface area contributed by atoms with Gasteiger partial charge in [-0.15, -0.1) is 0 Å². The molecule has 1 aromatic carbocycles. The lowest BCUT2D eigenvalue weighted by Crippen LogP contribution is -2.27. The number of nitrogens with zero attached hydrogens (tertiary/aromatic N) is 1. The van der Waals surface area contributed by atoms with Crippen molar-refractivity contribution >= 4 is 11.6 Å². The highest BCUT2D eigenvalue weighted by atomic mass is 16.2. The van der Waals surface area contributed by atoms with Crippen LogP contribution in [0.15, 0.2) is 18.2 Å². The minimum atomic E-state index is 0.155. The Labute approximate surface area is 110 Å². The monoisotopic (exact) mass is 248 g/mol. The van der Waals surface area contributed by atoms with Crippen LogP contribution in [0.2, 0.25) is 0 Å². The van der Waals surface area contributed by atoms with Crippen LogP contribution in [0.5, 0.6) is 0 Å². The Morgan fingerprint density at radius 3 is 2.61 bits per heavy atom. The zero-order chi connectivity index (χ0) is 13.7. The standard InChI is InChI=1S/C15H24N2O/c1-11-8-9-14(12(2)10-11)17(4)15(18)7-5-6-13(3)16/h8-10,13H,5-7,16H2,1-4H3. The number of benzene rings is 1. The van der Waals surface area contributed by atoms with E-state index in [1.165, 1.54) is 5.56 Å². The fourth-order valence-corrected chi connectivity index (χ4v) is 2.06. The van der Waals surface area contributed by atoms with Crippen LogP contribution in [0.1, 0.15) is 37.3 Å². The van der Waals surface area contributed by atoms with Gasteiger partial charge in [0.1, 0.15) is 0 Å². The van der Waals surface area contributed by atoms with Gasteiger partial charge in [0.05, 0.1) is 0 Å². The molecule has 0 fully saturated rings. The summed E-state index contributed by atoms with van der Waals surface area (Å²) in [6.07, 6.45) is 2.31. The Kier molecular flexibility index (Phi) is 5.35. The van der Waals surface area contributed by atoms with Crippen LogP contribution in [0, 0.1) is 13.8 Å². The molecule has 3 heteroatoms. The first-order valence-corrected chi connectivity index (χ1v) is 6.51. The van der Waals surface area contributed by atoms with E-state index < -0.39 is 0 Å². The number of hydrogen-bond acceptors (Lipinski definition) is 2. The van der Waals surface area contributed by atoms with Crippen LogP contribution in [0.4, 0.5) is 5.69 Å². The number of rotatable bonds is 5. The van der Waals surface area contributed by atoms with E-state index in [4.69, 9.17) is 5.73 Å². The molecule has 0 aliphatic heterocycles. The summed E-state index contributed by atoms with van der Waals surface area (Å²) in [5.41, 5.74) is 9.03. The molecular weight excluding hydrogens is 224 g/mol. The van der Waals surface area contributed by atoms with Crippen molar-refractivity contribution in [2.24, 2.45) is 5.73 Å². The van der Waals surface area contributed by atoms with Gasteiger partial charge in [0.25, 0.3) is 0 Å². The van der Waals surface area contributed by atoms with Gasteiger partial charge < -0.3 is 10.6 Å². The molecule has 0 saturated heterocycles. The van der Waals surface area contributed by atoms with E-state index in [1.807, 2.05) is 33.0 Å². The molecule has 3 nitrogen and oxygen atoms in total. The summed E-state index contributed by atoms with van der Waals surface area (Å²) in [6, 6.07) is 6.31. The van der Waals surface area contributed by atoms with E-state index >= 15 is 0 Å². The molecule has 1 amide bonds. The summed E-state index contributed by atoms with van der Waals surface area (Å²) in [7, 11) is 1.84. The van der Waals surface area contributed by atoms with Crippen molar-refractivity contribution in [3.05, 3.63) is 29.3 Å². The fraction of sp³-hybridized carbons (Fsp3) is 0.533. The highest BCUT2D eigenvalue weighted by molar-refractivity contribution is 5.93. The number of hydrogen-bond donors (Lipinski definition) is 1. The third-order valence-electron chi connectivity index (χ3n) is 3.14. The van der Waals surface area contributed by atoms with Gasteiger partial charge in [0, 0.05) is 25.2 Å². The zero-order valence-corrected chi connectivity index (χ0v) is 11.9. The number of carbonyl (C=O) groups excluding carboxylic acids is 1. The van der Waals surface area contributed by atoms with Crippen molar-refractivity contribution in [2.45, 2.75) is 46.1 Å². The van der Waals surface area contributed by atoms with E-state index in [9.17, 15) is 4.79 Å². The summed E-state index contributed by atoms with van der Waals surface area (Å²) in [4.78, 5) is 13.8. The lowest BCUT2D eigenvalue weighted by atomic mass is 10.1. The first-order valence-electron chi connectivity index (χ1n) is 6.51. The molecule has 1 aromatic rings. The van der Waals surface area contributed by atoms with Crippen LogP contribution in [-0.4, -0.2) is 19.0 Å². The number of anilines is 1. The molecule has 100 valence electrons. The van der Waals surface area contributed by atoms with E-state index in [0.717, 1.165) is 24.1 Å². The average molecular weight is 248 g/mol. The lowest BCUT2D eigenvalue weighted by Gasteiger charge is -2.20. The average Bonchev–Trinajstić information content (AvgIpc) is 2.27. The van der Waals surface area contributed by atoms with E-state index in [-0.39, 0.29) is 11.9 Å². The van der Waals surface area contributed by atoms with Gasteiger partial charge >= 0.3 is 0 Å². The molecule has 2 N–H and O–H groups in total. The molecule has 1 atom stereocenters. The first-order chi connectivity index (χ1) is 8.41. The summed E-state index contributed by atoms with van der Waals surface area (Å²) in [6.45, 7) is 6.06. The predicted octanol–water partition coefficient (Wildman–Crippen LogP) is 2.78. The highest BCUT2D eigenvalue weighted by Gasteiger charge is 2.12. The molecule has 0 spiro atoms. The molecule has 0 radical (unpaired) electrons. The highest BCUT2D eigenvalue weighted by Crippen LogP contribution is 2.21. The smallest absolute Gasteiger partial charge is 0.226 e. The number of carbonyl (C=O) groups is 1. The molecule has 0 aromatic heterocycles. The fourth-order valence-electron chi connectivity index (χ4n) is 2.06. The van der Waals surface area contributed by atoms with Crippen LogP contribution in [-0.2, 0) is 4.79 Å². The SMILES string of the molecule is Cc1ccc(N(C)C(=O)CCCC(C)N)c(C)c1. The van der Waals surface area contributed by atoms with Crippen molar-refractivity contribution in [1.82, 2.24) is 0 Å². The minimum Gasteiger partial charge on any atom is -0.328 e. The van der Waals surface area contributed by atoms with Gasteiger partial charge in [0.2, 0.25) is 5.91 Å². The van der Waals surface area contributed by atoms with Gasteiger partial charge in [-0.25, -0.2) is 0 Å². The summed E-state index contributed by atoms with van der Waals surface area (Å²) in [5, 5.41) is 0. The molecule has 1 unspecified atom stereocenters. The van der Waals surface area contributed by atoms with Gasteiger partial charge in [-0.3, -0.25) is 4.79 Å². The van der Waals surface area contributed by atoms with Gasteiger partial charge in [0.15, 0.2) is 0 Å². The molecule has 0 aliphatic carbocycles. The largest absolute Gasteiger partial charge is 0.328 e. The normalized spacial score (nSPS) is 12.3. The van der Waals surface area contributed by atoms with E-state index in [1.54, 1.807) is 4.90 Å². The van der Waals surface area contributed by atoms with Crippen LogP contribution >= 0.6 is 0 Å². The topological polar surface area (TPSA) is 46.3 Å². The van der Waals surface area contributed by atoms with Crippen molar-refractivity contribution < 1.29 is 4.79 Å². The molecule has 0 saturated carbocycles.